The molecule has 1 aliphatic rings. The Morgan fingerprint density at radius 1 is 1.32 bits per heavy atom. The van der Waals surface area contributed by atoms with Crippen molar-refractivity contribution in [2.24, 2.45) is 0 Å². The number of hydrogen-bond donors (Lipinski definition) is 0. The van der Waals surface area contributed by atoms with E-state index in [9.17, 15) is 0 Å². The van der Waals surface area contributed by atoms with Crippen molar-refractivity contribution in [2.45, 2.75) is 25.6 Å². The maximum Gasteiger partial charge on any atom is 0.157 e. The van der Waals surface area contributed by atoms with Crippen LogP contribution < -0.4 is 4.74 Å². The third-order valence-corrected chi connectivity index (χ3v) is 3.16. The van der Waals surface area contributed by atoms with E-state index >= 15 is 0 Å². The summed E-state index contributed by atoms with van der Waals surface area (Å²) in [4.78, 5) is 4.21. The van der Waals surface area contributed by atoms with Crippen LogP contribution in [0.4, 0.5) is 0 Å². The first-order valence-corrected chi connectivity index (χ1v) is 6.70. The number of fused-ring (bicyclic) bond motifs is 1. The molecular weight excluding hydrogens is 244 g/mol. The molecule has 0 aliphatic carbocycles. The standard InChI is InChI=1S/C14H18N2O3/c1-2-8-18-14(3-1)19-10-9-17-12-4-6-16-7-5-15-13(16)11-12/h4-7,11,14H,1-3,8-10H2. The van der Waals surface area contributed by atoms with Gasteiger partial charge in [-0.25, -0.2) is 4.98 Å². The van der Waals surface area contributed by atoms with Crippen LogP contribution in [0.25, 0.3) is 5.65 Å². The van der Waals surface area contributed by atoms with E-state index in [-0.39, 0.29) is 6.29 Å². The molecule has 0 spiro atoms. The fourth-order valence-corrected chi connectivity index (χ4v) is 2.16. The van der Waals surface area contributed by atoms with Crippen LogP contribution in [0.1, 0.15) is 19.3 Å². The quantitative estimate of drug-likeness (QED) is 0.775. The predicted octanol–water partition coefficient (Wildman–Crippen LogP) is 2.26. The van der Waals surface area contributed by atoms with E-state index in [0.717, 1.165) is 30.8 Å². The summed E-state index contributed by atoms with van der Waals surface area (Å²) in [5.74, 6) is 0.812. The van der Waals surface area contributed by atoms with Crippen LogP contribution >= 0.6 is 0 Å². The number of imidazole rings is 1. The van der Waals surface area contributed by atoms with Crippen molar-refractivity contribution < 1.29 is 14.2 Å². The lowest BCUT2D eigenvalue weighted by Gasteiger charge is -2.22. The van der Waals surface area contributed by atoms with Crippen LogP contribution in [0.15, 0.2) is 30.7 Å². The molecule has 0 saturated carbocycles. The lowest BCUT2D eigenvalue weighted by molar-refractivity contribution is -0.165. The Kier molecular flexibility index (Phi) is 3.95. The molecule has 0 N–H and O–H groups in total. The van der Waals surface area contributed by atoms with Crippen LogP contribution in [0.5, 0.6) is 5.75 Å². The molecule has 0 radical (unpaired) electrons. The molecule has 5 nitrogen and oxygen atoms in total. The van der Waals surface area contributed by atoms with Crippen molar-refractivity contribution in [1.82, 2.24) is 9.38 Å². The molecule has 5 heteroatoms. The van der Waals surface area contributed by atoms with Gasteiger partial charge in [0.25, 0.3) is 0 Å². The second-order valence-corrected chi connectivity index (χ2v) is 4.57. The van der Waals surface area contributed by atoms with Gasteiger partial charge in [-0.15, -0.1) is 0 Å². The molecule has 0 amide bonds. The molecule has 0 aromatic carbocycles. The second-order valence-electron chi connectivity index (χ2n) is 4.57. The largest absolute Gasteiger partial charge is 0.491 e. The first kappa shape index (κ1) is 12.4. The highest BCUT2D eigenvalue weighted by atomic mass is 16.7. The number of hydrogen-bond acceptors (Lipinski definition) is 4. The Bertz CT molecular complexity index is 520. The first-order valence-electron chi connectivity index (χ1n) is 6.70. The second kappa shape index (κ2) is 6.04. The summed E-state index contributed by atoms with van der Waals surface area (Å²) in [6.07, 6.45) is 8.86. The summed E-state index contributed by atoms with van der Waals surface area (Å²) in [6, 6.07) is 3.84. The van der Waals surface area contributed by atoms with Crippen molar-refractivity contribution in [3.05, 3.63) is 30.7 Å². The lowest BCUT2D eigenvalue weighted by Crippen LogP contribution is -2.24. The Balaban J connectivity index is 1.43. The van der Waals surface area contributed by atoms with Gasteiger partial charge in [0.05, 0.1) is 6.61 Å². The first-order chi connectivity index (χ1) is 9.42. The zero-order valence-corrected chi connectivity index (χ0v) is 10.8. The number of nitrogens with zero attached hydrogens (tertiary/aromatic N) is 2. The summed E-state index contributed by atoms with van der Waals surface area (Å²) in [6.45, 7) is 1.88. The minimum Gasteiger partial charge on any atom is -0.491 e. The van der Waals surface area contributed by atoms with Crippen LogP contribution in [-0.2, 0) is 9.47 Å². The monoisotopic (exact) mass is 262 g/mol. The van der Waals surface area contributed by atoms with E-state index in [2.05, 4.69) is 4.98 Å². The van der Waals surface area contributed by atoms with E-state index in [0.29, 0.717) is 13.2 Å². The Morgan fingerprint density at radius 2 is 2.32 bits per heavy atom. The van der Waals surface area contributed by atoms with Gasteiger partial charge >= 0.3 is 0 Å². The van der Waals surface area contributed by atoms with Crippen LogP contribution in [0.2, 0.25) is 0 Å². The molecule has 1 atom stereocenters. The number of pyridine rings is 1. The van der Waals surface area contributed by atoms with Gasteiger partial charge in [-0.3, -0.25) is 0 Å². The number of ether oxygens (including phenoxy) is 3. The topological polar surface area (TPSA) is 45.0 Å². The Hall–Kier alpha value is -1.59. The summed E-state index contributed by atoms with van der Waals surface area (Å²) in [7, 11) is 0. The summed E-state index contributed by atoms with van der Waals surface area (Å²) >= 11 is 0. The lowest BCUT2D eigenvalue weighted by atomic mass is 10.2. The van der Waals surface area contributed by atoms with Crippen molar-refractivity contribution >= 4 is 5.65 Å². The van der Waals surface area contributed by atoms with Gasteiger partial charge < -0.3 is 18.6 Å². The molecule has 1 aliphatic heterocycles. The molecule has 19 heavy (non-hydrogen) atoms. The maximum atomic E-state index is 5.64. The van der Waals surface area contributed by atoms with Gasteiger partial charge in [0, 0.05) is 31.3 Å². The smallest absolute Gasteiger partial charge is 0.157 e. The van der Waals surface area contributed by atoms with Crippen molar-refractivity contribution in [1.29, 1.82) is 0 Å². The van der Waals surface area contributed by atoms with Crippen LogP contribution in [0, 0.1) is 0 Å². The van der Waals surface area contributed by atoms with E-state index in [1.54, 1.807) is 6.20 Å². The minimum absolute atomic E-state index is 0.0490. The molecule has 1 unspecified atom stereocenters. The molecule has 3 heterocycles. The maximum absolute atomic E-state index is 5.64. The average Bonchev–Trinajstić information content (AvgIpc) is 2.92. The number of rotatable bonds is 5. The molecule has 2 aromatic rings. The summed E-state index contributed by atoms with van der Waals surface area (Å²) < 4.78 is 18.7. The van der Waals surface area contributed by atoms with E-state index < -0.39 is 0 Å². The molecule has 3 rings (SSSR count). The zero-order valence-electron chi connectivity index (χ0n) is 10.8. The molecule has 1 saturated heterocycles. The predicted molar refractivity (Wildman–Crippen MR) is 70.2 cm³/mol. The number of aromatic nitrogens is 2. The van der Waals surface area contributed by atoms with Gasteiger partial charge in [-0.2, -0.15) is 0 Å². The molecular formula is C14H18N2O3. The van der Waals surface area contributed by atoms with E-state index in [1.165, 1.54) is 6.42 Å². The fourth-order valence-electron chi connectivity index (χ4n) is 2.16. The van der Waals surface area contributed by atoms with Crippen LogP contribution in [0.3, 0.4) is 0 Å². The van der Waals surface area contributed by atoms with E-state index in [4.69, 9.17) is 14.2 Å². The van der Waals surface area contributed by atoms with E-state index in [1.807, 2.05) is 28.9 Å². The van der Waals surface area contributed by atoms with Crippen molar-refractivity contribution in [3.63, 3.8) is 0 Å². The minimum atomic E-state index is -0.0490. The van der Waals surface area contributed by atoms with Crippen molar-refractivity contribution in [2.75, 3.05) is 19.8 Å². The normalized spacial score (nSPS) is 19.7. The molecule has 2 aromatic heterocycles. The summed E-state index contributed by atoms with van der Waals surface area (Å²) in [5.41, 5.74) is 0.883. The van der Waals surface area contributed by atoms with Gasteiger partial charge in [0.2, 0.25) is 0 Å². The highest BCUT2D eigenvalue weighted by Gasteiger charge is 2.13. The average molecular weight is 262 g/mol. The van der Waals surface area contributed by atoms with Gasteiger partial charge in [-0.05, 0) is 25.3 Å². The van der Waals surface area contributed by atoms with Gasteiger partial charge in [-0.1, -0.05) is 0 Å². The Labute approximate surface area is 112 Å². The zero-order chi connectivity index (χ0) is 12.9. The highest BCUT2D eigenvalue weighted by molar-refractivity contribution is 5.43. The Morgan fingerprint density at radius 3 is 3.21 bits per heavy atom. The SMILES string of the molecule is c1cn2ccc(OCCOC3CCCCO3)cc2n1. The summed E-state index contributed by atoms with van der Waals surface area (Å²) in [5, 5.41) is 0. The molecule has 102 valence electrons. The third-order valence-electron chi connectivity index (χ3n) is 3.16. The highest BCUT2D eigenvalue weighted by Crippen LogP contribution is 2.15. The van der Waals surface area contributed by atoms with Gasteiger partial charge in [0.15, 0.2) is 6.29 Å². The molecule has 1 fully saturated rings. The van der Waals surface area contributed by atoms with Crippen molar-refractivity contribution in [3.8, 4) is 5.75 Å². The molecule has 0 bridgehead atoms. The third kappa shape index (κ3) is 3.24. The van der Waals surface area contributed by atoms with Gasteiger partial charge in [0.1, 0.15) is 18.0 Å². The fraction of sp³-hybridized carbons (Fsp3) is 0.500. The van der Waals surface area contributed by atoms with Crippen LogP contribution in [-0.4, -0.2) is 35.5 Å².